The van der Waals surface area contributed by atoms with Crippen molar-refractivity contribution in [3.63, 3.8) is 0 Å². The Labute approximate surface area is 96.8 Å². The summed E-state index contributed by atoms with van der Waals surface area (Å²) in [6.45, 7) is 12.1. The largest absolute Gasteiger partial charge is 0.0628 e. The molecule has 0 heteroatoms. The lowest BCUT2D eigenvalue weighted by Gasteiger charge is -2.34. The first-order chi connectivity index (χ1) is 7.00. The highest BCUT2D eigenvalue weighted by Crippen LogP contribution is 2.37. The molecule has 0 aromatic rings. The van der Waals surface area contributed by atoms with Crippen LogP contribution in [0, 0.1) is 29.6 Å². The lowest BCUT2D eigenvalue weighted by atomic mass is 9.71. The molecule has 0 aromatic carbocycles. The van der Waals surface area contributed by atoms with Crippen LogP contribution in [0.25, 0.3) is 0 Å². The lowest BCUT2D eigenvalue weighted by Crippen LogP contribution is -2.24. The molecule has 0 spiro atoms. The fourth-order valence-electron chi connectivity index (χ4n) is 3.23. The molecule has 0 bridgehead atoms. The average molecular weight is 210 g/mol. The van der Waals surface area contributed by atoms with Crippen molar-refractivity contribution in [2.75, 3.05) is 0 Å². The molecule has 0 nitrogen and oxygen atoms in total. The van der Waals surface area contributed by atoms with Crippen LogP contribution >= 0.6 is 0 Å². The van der Waals surface area contributed by atoms with E-state index in [2.05, 4.69) is 34.6 Å². The standard InChI is InChI=1S/C15H30/c1-11(2)10-13(4)14(5)15-8-6-12(3)7-9-15/h11-15H,6-10H2,1-5H3. The second kappa shape index (κ2) is 5.92. The average Bonchev–Trinajstić information content (AvgIpc) is 2.17. The van der Waals surface area contributed by atoms with Crippen molar-refractivity contribution in [3.8, 4) is 0 Å². The van der Waals surface area contributed by atoms with E-state index in [0.717, 1.165) is 29.6 Å². The third kappa shape index (κ3) is 4.17. The minimum Gasteiger partial charge on any atom is -0.0628 e. The van der Waals surface area contributed by atoms with Gasteiger partial charge in [0.05, 0.1) is 0 Å². The highest BCUT2D eigenvalue weighted by atomic mass is 14.3. The summed E-state index contributed by atoms with van der Waals surface area (Å²) in [5, 5.41) is 0. The Hall–Kier alpha value is 0. The quantitative estimate of drug-likeness (QED) is 0.603. The molecule has 15 heavy (non-hydrogen) atoms. The lowest BCUT2D eigenvalue weighted by molar-refractivity contribution is 0.165. The maximum Gasteiger partial charge on any atom is -0.0386 e. The van der Waals surface area contributed by atoms with E-state index in [1.807, 2.05) is 0 Å². The third-order valence-electron chi connectivity index (χ3n) is 4.54. The summed E-state index contributed by atoms with van der Waals surface area (Å²) in [4.78, 5) is 0. The molecule has 0 heterocycles. The van der Waals surface area contributed by atoms with E-state index in [0.29, 0.717) is 0 Å². The first-order valence-corrected chi connectivity index (χ1v) is 7.00. The van der Waals surface area contributed by atoms with E-state index in [1.165, 1.54) is 32.1 Å². The second-order valence-corrected chi connectivity index (χ2v) is 6.49. The molecule has 1 saturated carbocycles. The normalized spacial score (nSPS) is 31.6. The molecule has 0 radical (unpaired) electrons. The molecule has 1 rings (SSSR count). The predicted octanol–water partition coefficient (Wildman–Crippen LogP) is 5.13. The minimum absolute atomic E-state index is 0.866. The maximum atomic E-state index is 2.49. The predicted molar refractivity (Wildman–Crippen MR) is 68.9 cm³/mol. The van der Waals surface area contributed by atoms with E-state index in [9.17, 15) is 0 Å². The molecule has 0 N–H and O–H groups in total. The van der Waals surface area contributed by atoms with Gasteiger partial charge in [-0.3, -0.25) is 0 Å². The van der Waals surface area contributed by atoms with Gasteiger partial charge in [0.1, 0.15) is 0 Å². The zero-order valence-electron chi connectivity index (χ0n) is 11.4. The molecule has 0 saturated heterocycles. The van der Waals surface area contributed by atoms with E-state index < -0.39 is 0 Å². The summed E-state index contributed by atoms with van der Waals surface area (Å²) in [7, 11) is 0. The molecule has 1 aliphatic carbocycles. The van der Waals surface area contributed by atoms with Crippen LogP contribution in [0.5, 0.6) is 0 Å². The van der Waals surface area contributed by atoms with Crippen molar-refractivity contribution in [1.29, 1.82) is 0 Å². The van der Waals surface area contributed by atoms with E-state index >= 15 is 0 Å². The minimum atomic E-state index is 0.866. The van der Waals surface area contributed by atoms with Gasteiger partial charge in [-0.15, -0.1) is 0 Å². The first-order valence-electron chi connectivity index (χ1n) is 7.00. The van der Waals surface area contributed by atoms with E-state index in [4.69, 9.17) is 0 Å². The zero-order chi connectivity index (χ0) is 11.4. The van der Waals surface area contributed by atoms with Gasteiger partial charge in [0.2, 0.25) is 0 Å². The van der Waals surface area contributed by atoms with Gasteiger partial charge in [0, 0.05) is 0 Å². The second-order valence-electron chi connectivity index (χ2n) is 6.49. The van der Waals surface area contributed by atoms with Crippen molar-refractivity contribution >= 4 is 0 Å². The van der Waals surface area contributed by atoms with Crippen molar-refractivity contribution in [1.82, 2.24) is 0 Å². The van der Waals surface area contributed by atoms with Crippen LogP contribution in [0.15, 0.2) is 0 Å². The summed E-state index contributed by atoms with van der Waals surface area (Å²) in [6.07, 6.45) is 7.34. The van der Waals surface area contributed by atoms with Crippen LogP contribution in [0.4, 0.5) is 0 Å². The molecule has 0 aromatic heterocycles. The van der Waals surface area contributed by atoms with Crippen molar-refractivity contribution in [3.05, 3.63) is 0 Å². The van der Waals surface area contributed by atoms with E-state index in [1.54, 1.807) is 0 Å². The van der Waals surface area contributed by atoms with Crippen molar-refractivity contribution in [2.24, 2.45) is 29.6 Å². The van der Waals surface area contributed by atoms with Gasteiger partial charge in [-0.05, 0) is 48.9 Å². The van der Waals surface area contributed by atoms with Crippen LogP contribution in [0.3, 0.4) is 0 Å². The smallest absolute Gasteiger partial charge is 0.0386 e. The zero-order valence-corrected chi connectivity index (χ0v) is 11.4. The molecule has 1 aliphatic rings. The van der Waals surface area contributed by atoms with Gasteiger partial charge < -0.3 is 0 Å². The Morgan fingerprint density at radius 1 is 0.933 bits per heavy atom. The van der Waals surface area contributed by atoms with Crippen LogP contribution in [0.2, 0.25) is 0 Å². The van der Waals surface area contributed by atoms with E-state index in [-0.39, 0.29) is 0 Å². The fourth-order valence-corrected chi connectivity index (χ4v) is 3.23. The monoisotopic (exact) mass is 210 g/mol. The van der Waals surface area contributed by atoms with Gasteiger partial charge in [-0.2, -0.15) is 0 Å². The first kappa shape index (κ1) is 13.1. The van der Waals surface area contributed by atoms with Gasteiger partial charge in [0.25, 0.3) is 0 Å². The maximum absolute atomic E-state index is 2.49. The van der Waals surface area contributed by atoms with Gasteiger partial charge in [-0.1, -0.05) is 47.5 Å². The Morgan fingerprint density at radius 3 is 1.93 bits per heavy atom. The summed E-state index contributed by atoms with van der Waals surface area (Å²) in [6, 6.07) is 0. The summed E-state index contributed by atoms with van der Waals surface area (Å²) in [5.74, 6) is 4.75. The molecule has 1 fully saturated rings. The third-order valence-corrected chi connectivity index (χ3v) is 4.54. The summed E-state index contributed by atoms with van der Waals surface area (Å²) < 4.78 is 0. The van der Waals surface area contributed by atoms with Gasteiger partial charge in [-0.25, -0.2) is 0 Å². The molecule has 2 unspecified atom stereocenters. The molecule has 2 atom stereocenters. The molecular weight excluding hydrogens is 180 g/mol. The molecule has 0 amide bonds. The Balaban J connectivity index is 2.35. The van der Waals surface area contributed by atoms with Crippen molar-refractivity contribution in [2.45, 2.75) is 66.7 Å². The van der Waals surface area contributed by atoms with Crippen LogP contribution in [0.1, 0.15) is 66.7 Å². The number of hydrogen-bond donors (Lipinski definition) is 0. The Morgan fingerprint density at radius 2 is 1.47 bits per heavy atom. The molecular formula is C15H30. The van der Waals surface area contributed by atoms with Gasteiger partial charge >= 0.3 is 0 Å². The molecule has 90 valence electrons. The Kier molecular flexibility index (Phi) is 5.15. The highest BCUT2D eigenvalue weighted by Gasteiger charge is 2.26. The van der Waals surface area contributed by atoms with Crippen LogP contribution in [-0.4, -0.2) is 0 Å². The van der Waals surface area contributed by atoms with Crippen LogP contribution < -0.4 is 0 Å². The Bertz CT molecular complexity index is 163. The number of hydrogen-bond acceptors (Lipinski definition) is 0. The number of rotatable bonds is 4. The highest BCUT2D eigenvalue weighted by molar-refractivity contribution is 4.77. The molecule has 0 aliphatic heterocycles. The topological polar surface area (TPSA) is 0 Å². The summed E-state index contributed by atoms with van der Waals surface area (Å²) >= 11 is 0. The van der Waals surface area contributed by atoms with Gasteiger partial charge in [0.15, 0.2) is 0 Å². The fraction of sp³-hybridized carbons (Fsp3) is 1.00. The van der Waals surface area contributed by atoms with Crippen LogP contribution in [-0.2, 0) is 0 Å². The van der Waals surface area contributed by atoms with Crippen molar-refractivity contribution < 1.29 is 0 Å². The summed E-state index contributed by atoms with van der Waals surface area (Å²) in [5.41, 5.74) is 0. The SMILES string of the molecule is CC(C)CC(C)C(C)C1CCC(C)CC1.